The number of halogens is 3. The first kappa shape index (κ1) is 20.9. The van der Waals surface area contributed by atoms with Gasteiger partial charge >= 0.3 is 0 Å². The third-order valence-corrected chi connectivity index (χ3v) is 8.57. The van der Waals surface area contributed by atoms with Crippen molar-refractivity contribution in [2.75, 3.05) is 0 Å². The molecule has 0 saturated carbocycles. The molecule has 0 unspecified atom stereocenters. The zero-order valence-electron chi connectivity index (χ0n) is 18.3. The number of hydrogen-bond donors (Lipinski definition) is 0. The molecular weight excluding hydrogens is 567 g/mol. The Balaban J connectivity index is 1.58. The van der Waals surface area contributed by atoms with E-state index in [9.17, 15) is 0 Å². The van der Waals surface area contributed by atoms with Crippen LogP contribution in [0, 0.1) is 5.82 Å². The molecule has 0 amide bonds. The number of fused-ring (bicyclic) bond motifs is 6. The summed E-state index contributed by atoms with van der Waals surface area (Å²) in [5, 5.41) is 4.63. The topological polar surface area (TPSA) is 9.86 Å². The monoisotopic (exact) mass is 582 g/mol. The Morgan fingerprint density at radius 1 is 0.486 bits per heavy atom. The zero-order valence-corrected chi connectivity index (χ0v) is 21.5. The van der Waals surface area contributed by atoms with Crippen molar-refractivity contribution >= 4 is 75.5 Å². The fourth-order valence-corrected chi connectivity index (χ4v) is 5.89. The molecular formula is C30H17Br2FN2. The van der Waals surface area contributed by atoms with Crippen LogP contribution in [0.1, 0.15) is 0 Å². The molecule has 2 aromatic heterocycles. The molecule has 0 radical (unpaired) electrons. The first-order valence-electron chi connectivity index (χ1n) is 11.3. The molecule has 0 N–H and O–H groups in total. The van der Waals surface area contributed by atoms with Gasteiger partial charge in [-0.1, -0.05) is 54.6 Å². The molecule has 2 nitrogen and oxygen atoms in total. The van der Waals surface area contributed by atoms with Gasteiger partial charge in [-0.3, -0.25) is 0 Å². The average Bonchev–Trinajstić information content (AvgIpc) is 3.39. The van der Waals surface area contributed by atoms with Crippen molar-refractivity contribution in [3.8, 4) is 11.4 Å². The van der Waals surface area contributed by atoms with E-state index in [0.29, 0.717) is 10.2 Å². The van der Waals surface area contributed by atoms with Crippen LogP contribution in [0.25, 0.3) is 55.0 Å². The molecule has 5 heteroatoms. The van der Waals surface area contributed by atoms with Gasteiger partial charge in [0, 0.05) is 36.2 Å². The highest BCUT2D eigenvalue weighted by Gasteiger charge is 2.18. The standard InChI is InChI=1S/C30H17Br2FN2/c31-23-16-25(33)30(17-24(23)32)35-28-12-6-3-9-21(28)22-15-18(13-14-29(22)35)34-26-10-4-1-7-19(26)20-8-2-5-11-27(20)34/h1-17H. The van der Waals surface area contributed by atoms with E-state index in [4.69, 9.17) is 0 Å². The van der Waals surface area contributed by atoms with Gasteiger partial charge < -0.3 is 9.13 Å². The predicted molar refractivity (Wildman–Crippen MR) is 150 cm³/mol. The summed E-state index contributed by atoms with van der Waals surface area (Å²) in [5.74, 6) is -0.283. The van der Waals surface area contributed by atoms with E-state index in [1.54, 1.807) is 0 Å². The Morgan fingerprint density at radius 2 is 0.971 bits per heavy atom. The second kappa shape index (κ2) is 7.80. The molecule has 0 spiro atoms. The maximum Gasteiger partial charge on any atom is 0.148 e. The summed E-state index contributed by atoms with van der Waals surface area (Å²) in [4.78, 5) is 0. The third kappa shape index (κ3) is 3.05. The first-order valence-corrected chi connectivity index (χ1v) is 12.9. The van der Waals surface area contributed by atoms with E-state index in [-0.39, 0.29) is 5.82 Å². The van der Waals surface area contributed by atoms with Gasteiger partial charge in [0.2, 0.25) is 0 Å². The summed E-state index contributed by atoms with van der Waals surface area (Å²) >= 11 is 6.96. The van der Waals surface area contributed by atoms with E-state index < -0.39 is 0 Å². The summed E-state index contributed by atoms with van der Waals surface area (Å²) in [5.41, 5.74) is 5.85. The lowest BCUT2D eigenvalue weighted by molar-refractivity contribution is 0.619. The van der Waals surface area contributed by atoms with E-state index >= 15 is 4.39 Å². The minimum Gasteiger partial charge on any atom is -0.309 e. The predicted octanol–water partition coefficient (Wildman–Crippen LogP) is 9.54. The van der Waals surface area contributed by atoms with Crippen LogP contribution in [-0.2, 0) is 0 Å². The van der Waals surface area contributed by atoms with E-state index in [1.165, 1.54) is 27.9 Å². The van der Waals surface area contributed by atoms with Gasteiger partial charge in [0.15, 0.2) is 0 Å². The molecule has 0 aliphatic heterocycles. The second-order valence-electron chi connectivity index (χ2n) is 8.64. The van der Waals surface area contributed by atoms with Crippen molar-refractivity contribution in [3.05, 3.63) is 118 Å². The Kier molecular flexibility index (Phi) is 4.66. The molecule has 35 heavy (non-hydrogen) atoms. The van der Waals surface area contributed by atoms with Gasteiger partial charge in [-0.25, -0.2) is 4.39 Å². The normalized spacial score (nSPS) is 11.9. The number of rotatable bonds is 2. The SMILES string of the molecule is Fc1cc(Br)c(Br)cc1-n1c2ccccc2c2cc(-n3c4ccccc4c4ccccc43)ccc21. The Morgan fingerprint density at radius 3 is 1.60 bits per heavy atom. The van der Waals surface area contributed by atoms with Gasteiger partial charge in [0.1, 0.15) is 5.82 Å². The molecule has 0 saturated heterocycles. The lowest BCUT2D eigenvalue weighted by atomic mass is 10.1. The summed E-state index contributed by atoms with van der Waals surface area (Å²) in [6.45, 7) is 0. The highest BCUT2D eigenvalue weighted by atomic mass is 79.9. The fraction of sp³-hybridized carbons (Fsp3) is 0. The molecule has 2 heterocycles. The van der Waals surface area contributed by atoms with Crippen LogP contribution in [0.15, 0.2) is 112 Å². The summed E-state index contributed by atoms with van der Waals surface area (Å²) in [7, 11) is 0. The van der Waals surface area contributed by atoms with Gasteiger partial charge in [-0.2, -0.15) is 0 Å². The number of nitrogens with zero attached hydrogens (tertiary/aromatic N) is 2. The fourth-order valence-electron chi connectivity index (χ4n) is 5.24. The number of benzene rings is 5. The summed E-state index contributed by atoms with van der Waals surface area (Å²) < 4.78 is 21.0. The first-order chi connectivity index (χ1) is 17.1. The molecule has 0 aliphatic rings. The minimum absolute atomic E-state index is 0.283. The average molecular weight is 584 g/mol. The molecule has 0 aliphatic carbocycles. The van der Waals surface area contributed by atoms with Gasteiger partial charge in [-0.05, 0) is 80.4 Å². The van der Waals surface area contributed by atoms with Crippen molar-refractivity contribution in [1.29, 1.82) is 0 Å². The number of aromatic nitrogens is 2. The maximum atomic E-state index is 15.2. The summed E-state index contributed by atoms with van der Waals surface area (Å²) in [6.07, 6.45) is 0. The molecule has 5 aromatic carbocycles. The molecule has 0 fully saturated rings. The van der Waals surface area contributed by atoms with Crippen LogP contribution in [0.5, 0.6) is 0 Å². The Bertz CT molecular complexity index is 1890. The zero-order chi connectivity index (χ0) is 23.7. The molecule has 0 bridgehead atoms. The highest BCUT2D eigenvalue weighted by molar-refractivity contribution is 9.13. The lowest BCUT2D eigenvalue weighted by Gasteiger charge is -2.12. The van der Waals surface area contributed by atoms with Crippen molar-refractivity contribution in [3.63, 3.8) is 0 Å². The number of hydrogen-bond acceptors (Lipinski definition) is 0. The van der Waals surface area contributed by atoms with Gasteiger partial charge in [-0.15, -0.1) is 0 Å². The minimum atomic E-state index is -0.283. The van der Waals surface area contributed by atoms with Crippen molar-refractivity contribution in [2.24, 2.45) is 0 Å². The van der Waals surface area contributed by atoms with E-state index in [2.05, 4.69) is 109 Å². The third-order valence-electron chi connectivity index (χ3n) is 6.73. The molecule has 0 atom stereocenters. The van der Waals surface area contributed by atoms with Crippen LogP contribution in [0.2, 0.25) is 0 Å². The van der Waals surface area contributed by atoms with Crippen LogP contribution in [0.4, 0.5) is 4.39 Å². The highest BCUT2D eigenvalue weighted by Crippen LogP contribution is 2.38. The smallest absolute Gasteiger partial charge is 0.148 e. The molecule has 7 aromatic rings. The van der Waals surface area contributed by atoms with E-state index in [1.807, 2.05) is 28.8 Å². The van der Waals surface area contributed by atoms with Crippen LogP contribution in [-0.4, -0.2) is 9.13 Å². The van der Waals surface area contributed by atoms with Crippen LogP contribution < -0.4 is 0 Å². The number of para-hydroxylation sites is 3. The van der Waals surface area contributed by atoms with Gasteiger partial charge in [0.05, 0.1) is 27.8 Å². The summed E-state index contributed by atoms with van der Waals surface area (Å²) in [6, 6.07) is 35.0. The van der Waals surface area contributed by atoms with Crippen LogP contribution >= 0.6 is 31.9 Å². The quantitative estimate of drug-likeness (QED) is 0.179. The molecule has 7 rings (SSSR count). The second-order valence-corrected chi connectivity index (χ2v) is 10.4. The van der Waals surface area contributed by atoms with Crippen molar-refractivity contribution < 1.29 is 4.39 Å². The van der Waals surface area contributed by atoms with Crippen molar-refractivity contribution in [1.82, 2.24) is 9.13 Å². The maximum absolute atomic E-state index is 15.2. The largest absolute Gasteiger partial charge is 0.309 e. The Hall–Kier alpha value is -3.41. The van der Waals surface area contributed by atoms with Crippen molar-refractivity contribution in [2.45, 2.75) is 0 Å². The molecule has 168 valence electrons. The van der Waals surface area contributed by atoms with E-state index in [0.717, 1.165) is 32.0 Å². The Labute approximate surface area is 217 Å². The lowest BCUT2D eigenvalue weighted by Crippen LogP contribution is -1.99. The van der Waals surface area contributed by atoms with Crippen LogP contribution in [0.3, 0.4) is 0 Å². The van der Waals surface area contributed by atoms with Gasteiger partial charge in [0.25, 0.3) is 0 Å².